The molecule has 4 unspecified atom stereocenters. The van der Waals surface area contributed by atoms with E-state index in [-0.39, 0.29) is 5.92 Å². The number of H-pyrrole nitrogens is 1. The summed E-state index contributed by atoms with van der Waals surface area (Å²) in [6.45, 7) is 3.88. The number of nitrogens with one attached hydrogen (secondary N) is 1. The predicted molar refractivity (Wildman–Crippen MR) is 123 cm³/mol. The molecular formula is C26H30N2O4. The fraction of sp³-hybridized carbons (Fsp3) is 0.385. The Bertz CT molecular complexity index is 1110. The van der Waals surface area contributed by atoms with Crippen LogP contribution in [0, 0.1) is 12.8 Å². The fourth-order valence-corrected chi connectivity index (χ4v) is 4.74. The molecule has 32 heavy (non-hydrogen) atoms. The lowest BCUT2D eigenvalue weighted by Crippen LogP contribution is -2.25. The fourth-order valence-electron chi connectivity index (χ4n) is 4.74. The Kier molecular flexibility index (Phi) is 6.72. The van der Waals surface area contributed by atoms with Crippen LogP contribution in [0.4, 0.5) is 0 Å². The molecule has 0 fully saturated rings. The van der Waals surface area contributed by atoms with Gasteiger partial charge in [-0.15, -0.1) is 0 Å². The third kappa shape index (κ3) is 5.09. The second-order valence-electron chi connectivity index (χ2n) is 8.86. The molecule has 0 radical (unpaired) electrons. The molecule has 4 atom stereocenters. The molecule has 1 heterocycles. The minimum atomic E-state index is -0.580. The maximum atomic E-state index is 11.2. The van der Waals surface area contributed by atoms with E-state index in [0.29, 0.717) is 18.2 Å². The number of aryl methyl sites for hydroxylation is 1. The molecule has 6 heteroatoms. The first kappa shape index (κ1) is 22.2. The average molecular weight is 435 g/mol. The molecule has 0 saturated heterocycles. The van der Waals surface area contributed by atoms with Crippen LogP contribution in [0.5, 0.6) is 0 Å². The Morgan fingerprint density at radius 3 is 2.34 bits per heavy atom. The second-order valence-corrected chi connectivity index (χ2v) is 8.86. The first-order valence-electron chi connectivity index (χ1n) is 11.2. The highest BCUT2D eigenvalue weighted by atomic mass is 16.5. The summed E-state index contributed by atoms with van der Waals surface area (Å²) in [5, 5.41) is 24.9. The van der Waals surface area contributed by atoms with Crippen molar-refractivity contribution in [2.75, 3.05) is 0 Å². The van der Waals surface area contributed by atoms with Crippen molar-refractivity contribution < 1.29 is 14.7 Å². The molecule has 0 saturated carbocycles. The zero-order valence-electron chi connectivity index (χ0n) is 18.5. The quantitative estimate of drug-likeness (QED) is 0.470. The Morgan fingerprint density at radius 1 is 1.09 bits per heavy atom. The van der Waals surface area contributed by atoms with Crippen molar-refractivity contribution in [3.63, 3.8) is 0 Å². The van der Waals surface area contributed by atoms with Crippen LogP contribution < -0.4 is 5.76 Å². The summed E-state index contributed by atoms with van der Waals surface area (Å²) in [5.41, 5.74) is 5.25. The van der Waals surface area contributed by atoms with E-state index in [1.807, 2.05) is 62.4 Å². The van der Waals surface area contributed by atoms with Gasteiger partial charge in [-0.05, 0) is 56.6 Å². The SMILES string of the molecule is Cc1ccc(C(O)CC2=CCC(C(c3ccc(-c4noc(=O)[nH]4)cc3)C(C)O)CC2)cc1. The van der Waals surface area contributed by atoms with Crippen molar-refractivity contribution >= 4 is 0 Å². The molecule has 3 N–H and O–H groups in total. The summed E-state index contributed by atoms with van der Waals surface area (Å²) < 4.78 is 4.58. The third-order valence-electron chi connectivity index (χ3n) is 6.50. The van der Waals surface area contributed by atoms with Crippen LogP contribution in [0.15, 0.2) is 69.5 Å². The lowest BCUT2D eigenvalue weighted by Gasteiger charge is -2.32. The van der Waals surface area contributed by atoms with Gasteiger partial charge in [-0.2, -0.15) is 0 Å². The zero-order chi connectivity index (χ0) is 22.7. The first-order valence-corrected chi connectivity index (χ1v) is 11.2. The predicted octanol–water partition coefficient (Wildman–Crippen LogP) is 4.65. The van der Waals surface area contributed by atoms with E-state index in [1.165, 1.54) is 11.1 Å². The molecule has 0 aliphatic heterocycles. The van der Waals surface area contributed by atoms with E-state index in [4.69, 9.17) is 0 Å². The molecule has 6 nitrogen and oxygen atoms in total. The highest BCUT2D eigenvalue weighted by Crippen LogP contribution is 2.39. The minimum Gasteiger partial charge on any atom is -0.393 e. The summed E-state index contributed by atoms with van der Waals surface area (Å²) in [6.07, 6.45) is 4.71. The summed E-state index contributed by atoms with van der Waals surface area (Å²) in [5.74, 6) is 0.156. The molecule has 3 aromatic rings. The molecule has 4 rings (SSSR count). The Morgan fingerprint density at radius 2 is 1.78 bits per heavy atom. The molecule has 1 aliphatic rings. The van der Waals surface area contributed by atoms with Gasteiger partial charge in [0, 0.05) is 11.5 Å². The molecule has 1 aromatic heterocycles. The molecule has 2 aromatic carbocycles. The van der Waals surface area contributed by atoms with Crippen molar-refractivity contribution in [3.05, 3.63) is 87.4 Å². The number of aromatic amines is 1. The number of benzene rings is 2. The van der Waals surface area contributed by atoms with Crippen molar-refractivity contribution in [3.8, 4) is 11.4 Å². The van der Waals surface area contributed by atoms with Crippen LogP contribution in [-0.4, -0.2) is 26.5 Å². The maximum Gasteiger partial charge on any atom is 0.439 e. The third-order valence-corrected chi connectivity index (χ3v) is 6.50. The standard InChI is InChI=1S/C26H30N2O4/c1-16-3-7-19(8-4-16)23(30)15-18-5-9-20(10-6-18)24(17(2)29)21-11-13-22(14-12-21)25-27-26(31)32-28-25/h3-5,7-8,11-14,17,20,23-24,29-30H,6,9-10,15H2,1-2H3,(H,27,28,31). The molecule has 0 amide bonds. The number of rotatable bonds is 7. The van der Waals surface area contributed by atoms with Gasteiger partial charge >= 0.3 is 5.76 Å². The summed E-state index contributed by atoms with van der Waals surface area (Å²) in [7, 11) is 0. The van der Waals surface area contributed by atoms with Gasteiger partial charge in [0.1, 0.15) is 0 Å². The van der Waals surface area contributed by atoms with Crippen LogP contribution in [0.3, 0.4) is 0 Å². The van der Waals surface area contributed by atoms with Gasteiger partial charge in [0.15, 0.2) is 5.82 Å². The summed E-state index contributed by atoms with van der Waals surface area (Å²) >= 11 is 0. The van der Waals surface area contributed by atoms with E-state index in [9.17, 15) is 15.0 Å². The lowest BCUT2D eigenvalue weighted by molar-refractivity contribution is 0.125. The first-order chi connectivity index (χ1) is 15.4. The Balaban J connectivity index is 1.43. The summed E-state index contributed by atoms with van der Waals surface area (Å²) in [4.78, 5) is 13.7. The van der Waals surface area contributed by atoms with Crippen LogP contribution in [-0.2, 0) is 0 Å². The highest BCUT2D eigenvalue weighted by Gasteiger charge is 2.29. The van der Waals surface area contributed by atoms with Crippen molar-refractivity contribution in [1.29, 1.82) is 0 Å². The zero-order valence-corrected chi connectivity index (χ0v) is 18.5. The van der Waals surface area contributed by atoms with Crippen molar-refractivity contribution in [2.24, 2.45) is 5.92 Å². The number of aliphatic hydroxyl groups excluding tert-OH is 2. The highest BCUT2D eigenvalue weighted by molar-refractivity contribution is 5.54. The number of nitrogens with zero attached hydrogens (tertiary/aromatic N) is 1. The monoisotopic (exact) mass is 434 g/mol. The van der Waals surface area contributed by atoms with Crippen LogP contribution in [0.2, 0.25) is 0 Å². The van der Waals surface area contributed by atoms with Crippen LogP contribution >= 0.6 is 0 Å². The van der Waals surface area contributed by atoms with Gasteiger partial charge in [-0.3, -0.25) is 9.51 Å². The molecule has 1 aliphatic carbocycles. The normalized spacial score (nSPS) is 19.2. The van der Waals surface area contributed by atoms with Crippen LogP contribution in [0.25, 0.3) is 11.4 Å². The number of allylic oxidation sites excluding steroid dienone is 1. The van der Waals surface area contributed by atoms with E-state index in [0.717, 1.165) is 36.0 Å². The number of hydrogen-bond donors (Lipinski definition) is 3. The van der Waals surface area contributed by atoms with E-state index < -0.39 is 18.0 Å². The minimum absolute atomic E-state index is 0.0141. The molecule has 168 valence electrons. The number of aliphatic hydroxyl groups is 2. The van der Waals surface area contributed by atoms with Gasteiger partial charge < -0.3 is 10.2 Å². The molecule has 0 spiro atoms. The number of aromatic nitrogens is 2. The Hall–Kier alpha value is -2.96. The van der Waals surface area contributed by atoms with Gasteiger partial charge in [0.2, 0.25) is 0 Å². The molecular weight excluding hydrogens is 404 g/mol. The van der Waals surface area contributed by atoms with E-state index >= 15 is 0 Å². The second kappa shape index (κ2) is 9.67. The molecule has 0 bridgehead atoms. The largest absolute Gasteiger partial charge is 0.439 e. The van der Waals surface area contributed by atoms with Gasteiger partial charge in [-0.1, -0.05) is 70.9 Å². The van der Waals surface area contributed by atoms with Gasteiger partial charge in [0.25, 0.3) is 0 Å². The van der Waals surface area contributed by atoms with Gasteiger partial charge in [0.05, 0.1) is 12.2 Å². The van der Waals surface area contributed by atoms with Crippen LogP contribution in [0.1, 0.15) is 61.3 Å². The smallest absolute Gasteiger partial charge is 0.393 e. The maximum absolute atomic E-state index is 11.2. The van der Waals surface area contributed by atoms with Gasteiger partial charge in [-0.25, -0.2) is 4.79 Å². The van der Waals surface area contributed by atoms with Crippen molar-refractivity contribution in [1.82, 2.24) is 10.1 Å². The summed E-state index contributed by atoms with van der Waals surface area (Å²) in [6, 6.07) is 15.8. The average Bonchev–Trinajstić information content (AvgIpc) is 3.22. The topological polar surface area (TPSA) is 99.4 Å². The van der Waals surface area contributed by atoms with Crippen molar-refractivity contribution in [2.45, 2.75) is 57.7 Å². The lowest BCUT2D eigenvalue weighted by atomic mass is 9.74. The Labute approximate surface area is 187 Å². The van der Waals surface area contributed by atoms with E-state index in [2.05, 4.69) is 20.7 Å². The van der Waals surface area contributed by atoms with E-state index in [1.54, 1.807) is 0 Å². The number of hydrogen-bond acceptors (Lipinski definition) is 5.